The molecule has 0 radical (unpaired) electrons. The van der Waals surface area contributed by atoms with Crippen LogP contribution in [0, 0.1) is 5.82 Å². The zero-order chi connectivity index (χ0) is 15.4. The van der Waals surface area contributed by atoms with Gasteiger partial charge in [-0.3, -0.25) is 5.32 Å². The van der Waals surface area contributed by atoms with Gasteiger partial charge in [-0.1, -0.05) is 0 Å². The summed E-state index contributed by atoms with van der Waals surface area (Å²) in [5.41, 5.74) is 0.613. The van der Waals surface area contributed by atoms with E-state index in [0.717, 1.165) is 5.00 Å². The van der Waals surface area contributed by atoms with Crippen LogP contribution in [0.25, 0.3) is 5.69 Å². The molecule has 3 rings (SSSR count). The highest BCUT2D eigenvalue weighted by atomic mass is 32.1. The number of thiophene rings is 1. The summed E-state index contributed by atoms with van der Waals surface area (Å²) in [6.07, 6.45) is 0. The van der Waals surface area contributed by atoms with Crippen LogP contribution in [0.2, 0.25) is 0 Å². The molecule has 0 spiro atoms. The van der Waals surface area contributed by atoms with Crippen molar-refractivity contribution < 1.29 is 9.18 Å². The van der Waals surface area contributed by atoms with E-state index in [1.807, 2.05) is 11.4 Å². The number of carbonyl (C=O) groups is 1. The predicted molar refractivity (Wildman–Crippen MR) is 79.3 cm³/mol. The van der Waals surface area contributed by atoms with Crippen molar-refractivity contribution in [3.63, 3.8) is 0 Å². The third-order valence-corrected chi connectivity index (χ3v) is 3.56. The van der Waals surface area contributed by atoms with E-state index >= 15 is 0 Å². The Morgan fingerprint density at radius 2 is 2.09 bits per heavy atom. The van der Waals surface area contributed by atoms with E-state index in [0.29, 0.717) is 11.5 Å². The molecule has 9 heteroatoms. The average molecular weight is 318 g/mol. The Morgan fingerprint density at radius 1 is 1.27 bits per heavy atom. The summed E-state index contributed by atoms with van der Waals surface area (Å²) < 4.78 is 14.4. The van der Waals surface area contributed by atoms with Gasteiger partial charge in [0.25, 0.3) is 0 Å². The third kappa shape index (κ3) is 3.26. The largest absolute Gasteiger partial charge is 0.330 e. The number of hydrogen-bond acceptors (Lipinski definition) is 5. The monoisotopic (exact) mass is 318 g/mol. The van der Waals surface area contributed by atoms with Gasteiger partial charge in [0.2, 0.25) is 0 Å². The molecule has 0 atom stereocenters. The average Bonchev–Trinajstić information content (AvgIpc) is 3.17. The number of rotatable bonds is 4. The summed E-state index contributed by atoms with van der Waals surface area (Å²) in [5.74, 6) is 0.0970. The molecule has 2 amide bonds. The number of tetrazole rings is 1. The van der Waals surface area contributed by atoms with Crippen molar-refractivity contribution in [3.8, 4) is 5.69 Å². The Balaban J connectivity index is 1.65. The third-order valence-electron chi connectivity index (χ3n) is 2.77. The van der Waals surface area contributed by atoms with Gasteiger partial charge in [0.1, 0.15) is 5.82 Å². The minimum Gasteiger partial charge on any atom is -0.330 e. The summed E-state index contributed by atoms with van der Waals surface area (Å²) in [6.45, 7) is 0.140. The van der Waals surface area contributed by atoms with Crippen LogP contribution in [0.5, 0.6) is 0 Å². The van der Waals surface area contributed by atoms with Gasteiger partial charge < -0.3 is 5.32 Å². The van der Waals surface area contributed by atoms with Crippen LogP contribution in [0.3, 0.4) is 0 Å². The highest BCUT2D eigenvalue weighted by molar-refractivity contribution is 7.14. The molecule has 22 heavy (non-hydrogen) atoms. The Labute approximate surface area is 128 Å². The molecule has 0 fully saturated rings. The second kappa shape index (κ2) is 6.31. The molecule has 7 nitrogen and oxygen atoms in total. The molecule has 3 aromatic rings. The molecule has 0 saturated heterocycles. The summed E-state index contributed by atoms with van der Waals surface area (Å²) in [4.78, 5) is 11.8. The number of amides is 2. The first-order valence-corrected chi connectivity index (χ1v) is 7.22. The zero-order valence-corrected chi connectivity index (χ0v) is 12.0. The van der Waals surface area contributed by atoms with Crippen molar-refractivity contribution >= 4 is 22.4 Å². The van der Waals surface area contributed by atoms with E-state index in [-0.39, 0.29) is 18.4 Å². The number of nitrogens with zero attached hydrogens (tertiary/aromatic N) is 4. The second-order valence-electron chi connectivity index (χ2n) is 4.27. The molecule has 0 unspecified atom stereocenters. The molecule has 0 bridgehead atoms. The van der Waals surface area contributed by atoms with Crippen LogP contribution >= 0.6 is 11.3 Å². The summed E-state index contributed by atoms with van der Waals surface area (Å²) in [7, 11) is 0. The molecule has 112 valence electrons. The van der Waals surface area contributed by atoms with E-state index < -0.39 is 0 Å². The Hall–Kier alpha value is -2.81. The second-order valence-corrected chi connectivity index (χ2v) is 5.22. The quantitative estimate of drug-likeness (QED) is 0.772. The fourth-order valence-corrected chi connectivity index (χ4v) is 2.38. The van der Waals surface area contributed by atoms with E-state index in [9.17, 15) is 9.18 Å². The van der Waals surface area contributed by atoms with Gasteiger partial charge in [0, 0.05) is 0 Å². The lowest BCUT2D eigenvalue weighted by molar-refractivity contribution is 0.251. The lowest BCUT2D eigenvalue weighted by atomic mass is 10.3. The minimum atomic E-state index is -0.351. The fraction of sp³-hybridized carbons (Fsp3) is 0.0769. The van der Waals surface area contributed by atoms with Crippen LogP contribution in [0.15, 0.2) is 41.8 Å². The van der Waals surface area contributed by atoms with Crippen molar-refractivity contribution in [2.75, 3.05) is 5.32 Å². The zero-order valence-electron chi connectivity index (χ0n) is 11.2. The summed E-state index contributed by atoms with van der Waals surface area (Å²) >= 11 is 1.42. The Bertz CT molecular complexity index is 755. The fourth-order valence-electron chi connectivity index (χ4n) is 1.76. The van der Waals surface area contributed by atoms with Crippen LogP contribution in [-0.4, -0.2) is 26.2 Å². The van der Waals surface area contributed by atoms with E-state index in [1.54, 1.807) is 18.2 Å². The van der Waals surface area contributed by atoms with Crippen LogP contribution in [0.4, 0.5) is 14.2 Å². The molecule has 1 aromatic carbocycles. The van der Waals surface area contributed by atoms with E-state index in [4.69, 9.17) is 0 Å². The van der Waals surface area contributed by atoms with Crippen LogP contribution < -0.4 is 10.6 Å². The molecular weight excluding hydrogens is 307 g/mol. The van der Waals surface area contributed by atoms with Gasteiger partial charge in [0.05, 0.1) is 17.2 Å². The van der Waals surface area contributed by atoms with Gasteiger partial charge in [-0.05, 0) is 52.2 Å². The molecule has 2 N–H and O–H groups in total. The van der Waals surface area contributed by atoms with Crippen molar-refractivity contribution in [1.29, 1.82) is 0 Å². The van der Waals surface area contributed by atoms with Crippen molar-refractivity contribution in [2.24, 2.45) is 0 Å². The molecular formula is C13H11FN6OS. The number of carbonyl (C=O) groups excluding carboxylic acids is 1. The standard InChI is InChI=1S/C13H11FN6OS/c14-9-3-5-10(6-4-9)20-11(17-18-19-20)8-15-13(21)16-12-2-1-7-22-12/h1-7H,8H2,(H2,15,16,21). The first kappa shape index (κ1) is 14.1. The number of nitrogens with one attached hydrogen (secondary N) is 2. The summed E-state index contributed by atoms with van der Waals surface area (Å²) in [6, 6.07) is 9.04. The maximum absolute atomic E-state index is 12.9. The number of hydrogen-bond donors (Lipinski definition) is 2. The molecule has 2 aromatic heterocycles. The van der Waals surface area contributed by atoms with Gasteiger partial charge in [0.15, 0.2) is 5.82 Å². The lowest BCUT2D eigenvalue weighted by Gasteiger charge is -2.06. The number of aromatic nitrogens is 4. The maximum Gasteiger partial charge on any atom is 0.320 e. The number of benzene rings is 1. The Morgan fingerprint density at radius 3 is 2.82 bits per heavy atom. The molecule has 2 heterocycles. The molecule has 0 aliphatic carbocycles. The van der Waals surface area contributed by atoms with E-state index in [1.165, 1.54) is 28.2 Å². The smallest absolute Gasteiger partial charge is 0.320 e. The maximum atomic E-state index is 12.9. The first-order valence-electron chi connectivity index (χ1n) is 6.34. The SMILES string of the molecule is O=C(NCc1nnnn1-c1ccc(F)cc1)Nc1cccs1. The van der Waals surface area contributed by atoms with Crippen molar-refractivity contribution in [2.45, 2.75) is 6.54 Å². The highest BCUT2D eigenvalue weighted by Crippen LogP contribution is 2.14. The minimum absolute atomic E-state index is 0.140. The summed E-state index contributed by atoms with van der Waals surface area (Å²) in [5, 5.41) is 19.2. The highest BCUT2D eigenvalue weighted by Gasteiger charge is 2.10. The number of urea groups is 1. The number of anilines is 1. The Kier molecular flexibility index (Phi) is 4.05. The van der Waals surface area contributed by atoms with Crippen molar-refractivity contribution in [1.82, 2.24) is 25.5 Å². The normalized spacial score (nSPS) is 10.4. The van der Waals surface area contributed by atoms with Gasteiger partial charge in [-0.2, -0.15) is 4.68 Å². The molecule has 0 aliphatic heterocycles. The number of halogens is 1. The molecule has 0 saturated carbocycles. The van der Waals surface area contributed by atoms with Crippen molar-refractivity contribution in [3.05, 3.63) is 53.4 Å². The van der Waals surface area contributed by atoms with E-state index in [2.05, 4.69) is 26.2 Å². The lowest BCUT2D eigenvalue weighted by Crippen LogP contribution is -2.29. The van der Waals surface area contributed by atoms with Gasteiger partial charge in [-0.15, -0.1) is 16.4 Å². The van der Waals surface area contributed by atoms with Gasteiger partial charge >= 0.3 is 6.03 Å². The predicted octanol–water partition coefficient (Wildman–Crippen LogP) is 2.18. The first-order chi connectivity index (χ1) is 10.7. The topological polar surface area (TPSA) is 84.7 Å². The van der Waals surface area contributed by atoms with Gasteiger partial charge in [-0.25, -0.2) is 9.18 Å². The molecule has 0 aliphatic rings. The van der Waals surface area contributed by atoms with Crippen LogP contribution in [-0.2, 0) is 6.54 Å². The van der Waals surface area contributed by atoms with Crippen LogP contribution in [0.1, 0.15) is 5.82 Å².